The largest absolute Gasteiger partial charge is 0.372 e. The maximum absolute atomic E-state index is 4.54. The van der Waals surface area contributed by atoms with Gasteiger partial charge in [-0.15, -0.1) is 0 Å². The zero-order valence-electron chi connectivity index (χ0n) is 11.0. The topological polar surface area (TPSA) is 44.3 Å². The molecule has 1 aromatic heterocycles. The minimum absolute atomic E-state index is 0.593. The van der Waals surface area contributed by atoms with Crippen molar-refractivity contribution in [2.75, 3.05) is 44.4 Å². The molecule has 1 aromatic rings. The molecule has 1 fully saturated rings. The molecule has 94 valence electrons. The van der Waals surface area contributed by atoms with E-state index in [4.69, 9.17) is 0 Å². The SMILES string of the molecule is CNc1cncc(N2CC(C)C(N(C)C)C2)n1. The summed E-state index contributed by atoms with van der Waals surface area (Å²) in [7, 11) is 6.14. The van der Waals surface area contributed by atoms with Crippen LogP contribution in [0.25, 0.3) is 0 Å². The van der Waals surface area contributed by atoms with Crippen LogP contribution in [0.1, 0.15) is 6.92 Å². The highest BCUT2D eigenvalue weighted by Crippen LogP contribution is 2.24. The monoisotopic (exact) mass is 235 g/mol. The van der Waals surface area contributed by atoms with Gasteiger partial charge >= 0.3 is 0 Å². The number of rotatable bonds is 3. The normalized spacial score (nSPS) is 24.4. The quantitative estimate of drug-likeness (QED) is 0.843. The molecule has 1 saturated heterocycles. The highest BCUT2D eigenvalue weighted by molar-refractivity contribution is 5.44. The fraction of sp³-hybridized carbons (Fsp3) is 0.667. The van der Waals surface area contributed by atoms with Crippen molar-refractivity contribution in [2.24, 2.45) is 5.92 Å². The van der Waals surface area contributed by atoms with Crippen LogP contribution < -0.4 is 10.2 Å². The molecule has 2 unspecified atom stereocenters. The summed E-state index contributed by atoms with van der Waals surface area (Å²) in [4.78, 5) is 13.4. The van der Waals surface area contributed by atoms with Crippen LogP contribution >= 0.6 is 0 Å². The third-order valence-electron chi connectivity index (χ3n) is 3.44. The first-order chi connectivity index (χ1) is 8.11. The molecule has 0 amide bonds. The van der Waals surface area contributed by atoms with Gasteiger partial charge in [0.2, 0.25) is 0 Å². The van der Waals surface area contributed by atoms with Gasteiger partial charge in [-0.1, -0.05) is 6.92 Å². The number of nitrogens with one attached hydrogen (secondary N) is 1. The standard InChI is InChI=1S/C12H21N5/c1-9-7-17(8-10(9)16(3)4)12-6-14-5-11(13-2)15-12/h5-6,9-10H,7-8H2,1-4H3,(H,13,15). The summed E-state index contributed by atoms with van der Waals surface area (Å²) in [5.74, 6) is 2.45. The zero-order chi connectivity index (χ0) is 12.4. The van der Waals surface area contributed by atoms with Crippen LogP contribution in [0, 0.1) is 5.92 Å². The van der Waals surface area contributed by atoms with Crippen LogP contribution in [0.2, 0.25) is 0 Å². The van der Waals surface area contributed by atoms with E-state index in [1.807, 2.05) is 13.2 Å². The first-order valence-electron chi connectivity index (χ1n) is 6.03. The lowest BCUT2D eigenvalue weighted by molar-refractivity contribution is 0.266. The van der Waals surface area contributed by atoms with Crippen LogP contribution in [-0.4, -0.2) is 55.1 Å². The second-order valence-corrected chi connectivity index (χ2v) is 4.93. The molecule has 5 heteroatoms. The third kappa shape index (κ3) is 2.49. The fourth-order valence-corrected chi connectivity index (χ4v) is 2.44. The van der Waals surface area contributed by atoms with E-state index in [0.717, 1.165) is 24.7 Å². The fourth-order valence-electron chi connectivity index (χ4n) is 2.44. The highest BCUT2D eigenvalue weighted by Gasteiger charge is 2.31. The van der Waals surface area contributed by atoms with Crippen LogP contribution in [0.3, 0.4) is 0 Å². The summed E-state index contributed by atoms with van der Waals surface area (Å²) in [6.45, 7) is 4.36. The van der Waals surface area contributed by atoms with E-state index in [1.165, 1.54) is 0 Å². The number of anilines is 2. The number of nitrogens with zero attached hydrogens (tertiary/aromatic N) is 4. The molecule has 0 saturated carbocycles. The Morgan fingerprint density at radius 1 is 1.35 bits per heavy atom. The molecule has 1 aliphatic heterocycles. The van der Waals surface area contributed by atoms with Crippen molar-refractivity contribution >= 4 is 11.6 Å². The van der Waals surface area contributed by atoms with Crippen LogP contribution in [0.15, 0.2) is 12.4 Å². The van der Waals surface area contributed by atoms with Crippen LogP contribution in [0.5, 0.6) is 0 Å². The third-order valence-corrected chi connectivity index (χ3v) is 3.44. The van der Waals surface area contributed by atoms with E-state index in [-0.39, 0.29) is 0 Å². The minimum Gasteiger partial charge on any atom is -0.372 e. The van der Waals surface area contributed by atoms with Gasteiger partial charge in [-0.3, -0.25) is 4.98 Å². The Morgan fingerprint density at radius 2 is 2.12 bits per heavy atom. The Morgan fingerprint density at radius 3 is 2.71 bits per heavy atom. The van der Waals surface area contributed by atoms with Crippen molar-refractivity contribution in [3.63, 3.8) is 0 Å². The van der Waals surface area contributed by atoms with E-state index in [0.29, 0.717) is 12.0 Å². The summed E-state index contributed by atoms with van der Waals surface area (Å²) in [5.41, 5.74) is 0. The maximum atomic E-state index is 4.54. The average Bonchev–Trinajstić information content (AvgIpc) is 2.71. The molecule has 2 heterocycles. The molecule has 1 N–H and O–H groups in total. The zero-order valence-corrected chi connectivity index (χ0v) is 11.0. The van der Waals surface area contributed by atoms with E-state index in [1.54, 1.807) is 6.20 Å². The van der Waals surface area contributed by atoms with E-state index in [2.05, 4.69) is 46.1 Å². The summed E-state index contributed by atoms with van der Waals surface area (Å²) in [5, 5.41) is 3.03. The summed E-state index contributed by atoms with van der Waals surface area (Å²) in [6, 6.07) is 0.593. The predicted molar refractivity (Wildman–Crippen MR) is 70.4 cm³/mol. The molecule has 2 atom stereocenters. The first kappa shape index (κ1) is 12.1. The van der Waals surface area contributed by atoms with Gasteiger partial charge in [-0.25, -0.2) is 4.98 Å². The number of likely N-dealkylation sites (N-methyl/N-ethyl adjacent to an activating group) is 1. The molecule has 2 rings (SSSR count). The molecule has 17 heavy (non-hydrogen) atoms. The Labute approximate surface area is 103 Å². The lowest BCUT2D eigenvalue weighted by atomic mass is 10.1. The van der Waals surface area contributed by atoms with Crippen molar-refractivity contribution in [1.29, 1.82) is 0 Å². The van der Waals surface area contributed by atoms with Crippen molar-refractivity contribution in [3.8, 4) is 0 Å². The average molecular weight is 235 g/mol. The highest BCUT2D eigenvalue weighted by atomic mass is 15.3. The Kier molecular flexibility index (Phi) is 3.47. The lowest BCUT2D eigenvalue weighted by Gasteiger charge is -2.22. The molecule has 0 aromatic carbocycles. The van der Waals surface area contributed by atoms with Crippen molar-refractivity contribution < 1.29 is 0 Å². The lowest BCUT2D eigenvalue weighted by Crippen LogP contribution is -2.34. The van der Waals surface area contributed by atoms with E-state index in [9.17, 15) is 0 Å². The molecule has 5 nitrogen and oxygen atoms in total. The summed E-state index contributed by atoms with van der Waals surface area (Å²) >= 11 is 0. The molecule has 1 aliphatic rings. The van der Waals surface area contributed by atoms with Gasteiger partial charge in [-0.05, 0) is 20.0 Å². The van der Waals surface area contributed by atoms with E-state index >= 15 is 0 Å². The van der Waals surface area contributed by atoms with Gasteiger partial charge < -0.3 is 15.1 Å². The predicted octanol–water partition coefficient (Wildman–Crippen LogP) is 0.905. The maximum Gasteiger partial charge on any atom is 0.149 e. The van der Waals surface area contributed by atoms with Crippen molar-refractivity contribution in [2.45, 2.75) is 13.0 Å². The van der Waals surface area contributed by atoms with Crippen molar-refractivity contribution in [3.05, 3.63) is 12.4 Å². The molecular weight excluding hydrogens is 214 g/mol. The number of aromatic nitrogens is 2. The Balaban J connectivity index is 2.13. The molecule has 0 aliphatic carbocycles. The van der Waals surface area contributed by atoms with Crippen molar-refractivity contribution in [1.82, 2.24) is 14.9 Å². The van der Waals surface area contributed by atoms with Gasteiger partial charge in [0.1, 0.15) is 11.6 Å². The number of hydrogen-bond donors (Lipinski definition) is 1. The van der Waals surface area contributed by atoms with E-state index < -0.39 is 0 Å². The Hall–Kier alpha value is -1.36. The van der Waals surface area contributed by atoms with Crippen LogP contribution in [0.4, 0.5) is 11.6 Å². The second-order valence-electron chi connectivity index (χ2n) is 4.93. The first-order valence-corrected chi connectivity index (χ1v) is 6.03. The molecular formula is C12H21N5. The molecule has 0 spiro atoms. The minimum atomic E-state index is 0.593. The van der Waals surface area contributed by atoms with Gasteiger partial charge in [0, 0.05) is 26.2 Å². The van der Waals surface area contributed by atoms with Gasteiger partial charge in [0.25, 0.3) is 0 Å². The smallest absolute Gasteiger partial charge is 0.149 e. The molecule has 0 bridgehead atoms. The summed E-state index contributed by atoms with van der Waals surface area (Å²) in [6.07, 6.45) is 3.58. The van der Waals surface area contributed by atoms with Gasteiger partial charge in [0.05, 0.1) is 12.4 Å². The molecule has 0 radical (unpaired) electrons. The second kappa shape index (κ2) is 4.87. The van der Waals surface area contributed by atoms with Crippen LogP contribution in [-0.2, 0) is 0 Å². The number of hydrogen-bond acceptors (Lipinski definition) is 5. The Bertz CT molecular complexity index is 379. The van der Waals surface area contributed by atoms with Gasteiger partial charge in [-0.2, -0.15) is 0 Å². The van der Waals surface area contributed by atoms with Gasteiger partial charge in [0.15, 0.2) is 0 Å². The summed E-state index contributed by atoms with van der Waals surface area (Å²) < 4.78 is 0.